The van der Waals surface area contributed by atoms with Crippen LogP contribution < -0.4 is 15.5 Å². The number of anilines is 1. The van der Waals surface area contributed by atoms with Gasteiger partial charge in [-0.25, -0.2) is 9.37 Å². The van der Waals surface area contributed by atoms with Gasteiger partial charge in [0.05, 0.1) is 12.1 Å². The average molecular weight is 579 g/mol. The van der Waals surface area contributed by atoms with Crippen LogP contribution in [0.5, 0.6) is 0 Å². The minimum absolute atomic E-state index is 0.0507. The van der Waals surface area contributed by atoms with Crippen molar-refractivity contribution in [1.82, 2.24) is 25.4 Å². The molecule has 3 aliphatic heterocycles. The van der Waals surface area contributed by atoms with Crippen molar-refractivity contribution in [3.05, 3.63) is 58.5 Å². The number of nitrogens with one attached hydrogen (secondary N) is 2. The summed E-state index contributed by atoms with van der Waals surface area (Å²) in [6.45, 7) is 5.28. The van der Waals surface area contributed by atoms with Gasteiger partial charge in [0.25, 0.3) is 11.8 Å². The Balaban J connectivity index is 1.44. The van der Waals surface area contributed by atoms with E-state index in [1.165, 1.54) is 15.9 Å². The summed E-state index contributed by atoms with van der Waals surface area (Å²) in [6, 6.07) is 6.80. The minimum atomic E-state index is -0.751. The fourth-order valence-electron chi connectivity index (χ4n) is 5.92. The van der Waals surface area contributed by atoms with Crippen LogP contribution in [0, 0.1) is 11.7 Å². The molecule has 10 nitrogen and oxygen atoms in total. The lowest BCUT2D eigenvalue weighted by molar-refractivity contribution is -0.126. The highest BCUT2D eigenvalue weighted by molar-refractivity contribution is 5.98. The molecule has 5 rings (SSSR count). The predicted octanol–water partition coefficient (Wildman–Crippen LogP) is 2.16. The first-order valence-electron chi connectivity index (χ1n) is 14.8. The third kappa shape index (κ3) is 6.24. The summed E-state index contributed by atoms with van der Waals surface area (Å²) in [7, 11) is 1.93. The Morgan fingerprint density at radius 1 is 1.07 bits per heavy atom. The Labute approximate surface area is 245 Å². The molecule has 2 bridgehead atoms. The lowest BCUT2D eigenvalue weighted by Gasteiger charge is -2.32. The normalized spacial score (nSPS) is 22.0. The van der Waals surface area contributed by atoms with Crippen LogP contribution in [0.1, 0.15) is 65.1 Å². The van der Waals surface area contributed by atoms with Crippen LogP contribution in [-0.2, 0) is 22.4 Å². The maximum atomic E-state index is 14.8. The highest BCUT2D eigenvalue weighted by Crippen LogP contribution is 2.26. The van der Waals surface area contributed by atoms with Crippen LogP contribution in [0.25, 0.3) is 0 Å². The zero-order chi connectivity index (χ0) is 30.0. The van der Waals surface area contributed by atoms with Gasteiger partial charge in [-0.3, -0.25) is 19.2 Å². The van der Waals surface area contributed by atoms with Gasteiger partial charge in [0.1, 0.15) is 23.4 Å². The number of hydrogen-bond donors (Lipinski definition) is 2. The van der Waals surface area contributed by atoms with E-state index in [0.717, 1.165) is 29.9 Å². The number of fused-ring (bicyclic) bond motifs is 4. The fourth-order valence-corrected chi connectivity index (χ4v) is 5.92. The van der Waals surface area contributed by atoms with E-state index >= 15 is 0 Å². The summed E-state index contributed by atoms with van der Waals surface area (Å²) in [6.07, 6.45) is 3.04. The van der Waals surface area contributed by atoms with Gasteiger partial charge < -0.3 is 25.3 Å². The standard InChI is InChI=1S/C31H39FN6O4/c1-19(2)25-17-37(31(42)24-11-9-21-12-15-36(3)28(21)34-24)18-27(39)33-13-4-6-20-8-10-23(32)22(16-20)30(41)38-14-5-7-26(38)29(40)35-25/h8-11,16,19,25-26H,4-7,12-15,17-18H2,1-3H3,(H,33,39)(H,35,40)/t25-,26-/m0/s1. The molecular weight excluding hydrogens is 539 g/mol. The third-order valence-electron chi connectivity index (χ3n) is 8.47. The molecule has 4 amide bonds. The van der Waals surface area contributed by atoms with Crippen LogP contribution >= 0.6 is 0 Å². The van der Waals surface area contributed by atoms with Gasteiger partial charge in [-0.15, -0.1) is 0 Å². The van der Waals surface area contributed by atoms with Crippen LogP contribution in [-0.4, -0.2) is 90.3 Å². The number of pyridine rings is 1. The van der Waals surface area contributed by atoms with Gasteiger partial charge in [-0.2, -0.15) is 0 Å². The molecule has 3 aliphatic rings. The van der Waals surface area contributed by atoms with Crippen molar-refractivity contribution < 1.29 is 23.6 Å². The van der Waals surface area contributed by atoms with Gasteiger partial charge in [-0.1, -0.05) is 26.0 Å². The van der Waals surface area contributed by atoms with E-state index in [0.29, 0.717) is 38.8 Å². The number of benzene rings is 1. The van der Waals surface area contributed by atoms with E-state index in [9.17, 15) is 23.6 Å². The van der Waals surface area contributed by atoms with E-state index in [1.54, 1.807) is 18.2 Å². The summed E-state index contributed by atoms with van der Waals surface area (Å²) in [4.78, 5) is 63.4. The van der Waals surface area contributed by atoms with Crippen molar-refractivity contribution in [1.29, 1.82) is 0 Å². The first kappa shape index (κ1) is 29.5. The zero-order valence-electron chi connectivity index (χ0n) is 24.5. The van der Waals surface area contributed by atoms with E-state index < -0.39 is 29.7 Å². The number of aromatic nitrogens is 1. The maximum absolute atomic E-state index is 14.8. The second-order valence-electron chi connectivity index (χ2n) is 11.8. The van der Waals surface area contributed by atoms with Crippen molar-refractivity contribution in [3.8, 4) is 0 Å². The number of carbonyl (C=O) groups excluding carboxylic acids is 4. The molecule has 2 atom stereocenters. The molecule has 0 saturated carbocycles. The van der Waals surface area contributed by atoms with Gasteiger partial charge in [-0.05, 0) is 67.3 Å². The summed E-state index contributed by atoms with van der Waals surface area (Å²) in [5.74, 6) is -1.53. The summed E-state index contributed by atoms with van der Waals surface area (Å²) in [5, 5.41) is 5.92. The molecule has 1 fully saturated rings. The van der Waals surface area contributed by atoms with Crippen molar-refractivity contribution >= 4 is 29.4 Å². The molecule has 11 heteroatoms. The molecular formula is C31H39FN6O4. The Morgan fingerprint density at radius 3 is 2.67 bits per heavy atom. The first-order chi connectivity index (χ1) is 20.1. The number of halogens is 1. The largest absolute Gasteiger partial charge is 0.359 e. The SMILES string of the molecule is CC(C)[C@@H]1CN(C(=O)c2ccc3c(n2)N(C)CC3)CC(=O)NCCCc2ccc(F)c(c2)C(=O)N2CCC[C@H]2C(=O)N1. The molecule has 0 spiro atoms. The third-order valence-corrected chi connectivity index (χ3v) is 8.47. The minimum Gasteiger partial charge on any atom is -0.359 e. The number of hydrogen-bond acceptors (Lipinski definition) is 6. The maximum Gasteiger partial charge on any atom is 0.273 e. The van der Waals surface area contributed by atoms with Crippen molar-refractivity contribution in [3.63, 3.8) is 0 Å². The Hall–Kier alpha value is -4.02. The number of aryl methyl sites for hydroxylation is 1. The van der Waals surface area contributed by atoms with Crippen LogP contribution in [0.15, 0.2) is 30.3 Å². The average Bonchev–Trinajstić information content (AvgIpc) is 3.61. The van der Waals surface area contributed by atoms with Gasteiger partial charge in [0.15, 0.2) is 0 Å². The van der Waals surface area contributed by atoms with E-state index in [4.69, 9.17) is 0 Å². The summed E-state index contributed by atoms with van der Waals surface area (Å²) in [5.41, 5.74) is 2.03. The monoisotopic (exact) mass is 578 g/mol. The van der Waals surface area contributed by atoms with Crippen molar-refractivity contribution in [2.45, 2.75) is 58.0 Å². The lowest BCUT2D eigenvalue weighted by Crippen LogP contribution is -2.55. The molecule has 2 N–H and O–H groups in total. The first-order valence-corrected chi connectivity index (χ1v) is 14.8. The quantitative estimate of drug-likeness (QED) is 0.565. The topological polar surface area (TPSA) is 115 Å². The molecule has 1 aromatic heterocycles. The Kier molecular flexibility index (Phi) is 8.74. The molecule has 0 unspecified atom stereocenters. The molecule has 0 aliphatic carbocycles. The summed E-state index contributed by atoms with van der Waals surface area (Å²) >= 11 is 0. The van der Waals surface area contributed by atoms with E-state index in [-0.39, 0.29) is 42.1 Å². The molecule has 224 valence electrons. The van der Waals surface area contributed by atoms with Gasteiger partial charge in [0.2, 0.25) is 11.8 Å². The number of amides is 4. The van der Waals surface area contributed by atoms with Gasteiger partial charge >= 0.3 is 0 Å². The van der Waals surface area contributed by atoms with Crippen molar-refractivity contribution in [2.75, 3.05) is 44.7 Å². The fraction of sp³-hybridized carbons (Fsp3) is 0.516. The van der Waals surface area contributed by atoms with Gasteiger partial charge in [0, 0.05) is 39.3 Å². The van der Waals surface area contributed by atoms with Crippen molar-refractivity contribution in [2.24, 2.45) is 5.92 Å². The van der Waals surface area contributed by atoms with Crippen LogP contribution in [0.3, 0.4) is 0 Å². The number of nitrogens with zero attached hydrogens (tertiary/aromatic N) is 4. The molecule has 0 radical (unpaired) electrons. The number of rotatable bonds is 2. The molecule has 4 heterocycles. The second-order valence-corrected chi connectivity index (χ2v) is 11.8. The number of carbonyl (C=O) groups is 4. The Morgan fingerprint density at radius 2 is 1.88 bits per heavy atom. The van der Waals surface area contributed by atoms with E-state index in [2.05, 4.69) is 15.6 Å². The highest BCUT2D eigenvalue weighted by atomic mass is 19.1. The zero-order valence-corrected chi connectivity index (χ0v) is 24.5. The molecule has 42 heavy (non-hydrogen) atoms. The van der Waals surface area contributed by atoms with E-state index in [1.807, 2.05) is 31.9 Å². The molecule has 2 aromatic rings. The Bertz CT molecular complexity index is 1380. The van der Waals surface area contributed by atoms with Crippen LogP contribution in [0.4, 0.5) is 10.2 Å². The summed E-state index contributed by atoms with van der Waals surface area (Å²) < 4.78 is 14.8. The number of likely N-dealkylation sites (N-methyl/N-ethyl adjacent to an activating group) is 1. The predicted molar refractivity (Wildman–Crippen MR) is 156 cm³/mol. The smallest absolute Gasteiger partial charge is 0.273 e. The lowest BCUT2D eigenvalue weighted by atomic mass is 10.0. The highest BCUT2D eigenvalue weighted by Gasteiger charge is 2.37. The van der Waals surface area contributed by atoms with Crippen LogP contribution in [0.2, 0.25) is 0 Å². The second kappa shape index (κ2) is 12.5. The molecule has 1 aromatic carbocycles. The molecule has 1 saturated heterocycles.